The van der Waals surface area contributed by atoms with E-state index in [0.29, 0.717) is 6.04 Å². The Bertz CT molecular complexity index is 366. The SMILES string of the molecule is Cc1ccc2c(c1C)CCN(C(C)C)C2. The number of nitrogens with zero attached hydrogens (tertiary/aromatic N) is 1. The zero-order valence-electron chi connectivity index (χ0n) is 10.3. The second-order valence-electron chi connectivity index (χ2n) is 4.96. The second kappa shape index (κ2) is 3.97. The van der Waals surface area contributed by atoms with Crippen LogP contribution in [0.4, 0.5) is 0 Å². The first-order valence-corrected chi connectivity index (χ1v) is 5.91. The maximum absolute atomic E-state index is 2.55. The fourth-order valence-electron chi connectivity index (χ4n) is 2.42. The Labute approximate surface area is 93.1 Å². The van der Waals surface area contributed by atoms with Gasteiger partial charge in [0.1, 0.15) is 0 Å². The number of hydrogen-bond acceptors (Lipinski definition) is 1. The third kappa shape index (κ3) is 1.93. The lowest BCUT2D eigenvalue weighted by Gasteiger charge is -2.33. The van der Waals surface area contributed by atoms with Crippen LogP contribution in [0.5, 0.6) is 0 Å². The number of aryl methyl sites for hydroxylation is 1. The Balaban J connectivity index is 2.32. The van der Waals surface area contributed by atoms with Crippen molar-refractivity contribution in [2.45, 2.75) is 46.7 Å². The van der Waals surface area contributed by atoms with Crippen LogP contribution in [0, 0.1) is 13.8 Å². The zero-order chi connectivity index (χ0) is 11.0. The highest BCUT2D eigenvalue weighted by Crippen LogP contribution is 2.25. The van der Waals surface area contributed by atoms with Gasteiger partial charge in [-0.15, -0.1) is 0 Å². The Morgan fingerprint density at radius 3 is 2.60 bits per heavy atom. The van der Waals surface area contributed by atoms with E-state index >= 15 is 0 Å². The molecule has 0 saturated carbocycles. The number of rotatable bonds is 1. The average Bonchev–Trinajstić information content (AvgIpc) is 2.23. The fraction of sp³-hybridized carbons (Fsp3) is 0.571. The van der Waals surface area contributed by atoms with Crippen molar-refractivity contribution in [3.63, 3.8) is 0 Å². The molecule has 0 spiro atoms. The minimum Gasteiger partial charge on any atom is -0.296 e. The van der Waals surface area contributed by atoms with Crippen molar-refractivity contribution in [2.24, 2.45) is 0 Å². The molecule has 0 N–H and O–H groups in total. The Hall–Kier alpha value is -0.820. The van der Waals surface area contributed by atoms with E-state index in [1.807, 2.05) is 0 Å². The zero-order valence-corrected chi connectivity index (χ0v) is 10.3. The van der Waals surface area contributed by atoms with Crippen molar-refractivity contribution in [1.82, 2.24) is 4.90 Å². The van der Waals surface area contributed by atoms with E-state index in [0.717, 1.165) is 6.54 Å². The Morgan fingerprint density at radius 2 is 1.93 bits per heavy atom. The molecule has 1 aromatic carbocycles. The summed E-state index contributed by atoms with van der Waals surface area (Å²) in [5.74, 6) is 0. The van der Waals surface area contributed by atoms with E-state index in [9.17, 15) is 0 Å². The minimum absolute atomic E-state index is 0.666. The summed E-state index contributed by atoms with van der Waals surface area (Å²) in [7, 11) is 0. The molecule has 15 heavy (non-hydrogen) atoms. The molecule has 0 fully saturated rings. The fourth-order valence-corrected chi connectivity index (χ4v) is 2.42. The smallest absolute Gasteiger partial charge is 0.0239 e. The molecule has 1 aliphatic rings. The molecule has 2 rings (SSSR count). The summed E-state index contributed by atoms with van der Waals surface area (Å²) in [6.45, 7) is 11.4. The normalized spacial score (nSPS) is 16.9. The van der Waals surface area contributed by atoms with E-state index in [-0.39, 0.29) is 0 Å². The summed E-state index contributed by atoms with van der Waals surface area (Å²) in [4.78, 5) is 2.55. The molecular formula is C14H21N. The summed E-state index contributed by atoms with van der Waals surface area (Å²) in [5.41, 5.74) is 6.09. The first kappa shape index (κ1) is 10.7. The predicted octanol–water partition coefficient (Wildman–Crippen LogP) is 3.07. The van der Waals surface area contributed by atoms with Gasteiger partial charge in [-0.1, -0.05) is 12.1 Å². The standard InChI is InChI=1S/C14H21N/c1-10(2)15-8-7-14-12(4)11(3)5-6-13(14)9-15/h5-6,10H,7-9H2,1-4H3. The third-order valence-electron chi connectivity index (χ3n) is 3.72. The molecule has 1 aliphatic heterocycles. The molecule has 0 unspecified atom stereocenters. The molecule has 0 atom stereocenters. The van der Waals surface area contributed by atoms with Crippen molar-refractivity contribution in [3.05, 3.63) is 34.4 Å². The summed E-state index contributed by atoms with van der Waals surface area (Å²) in [5, 5.41) is 0. The van der Waals surface area contributed by atoms with Gasteiger partial charge >= 0.3 is 0 Å². The van der Waals surface area contributed by atoms with Crippen LogP contribution in [0.1, 0.15) is 36.1 Å². The van der Waals surface area contributed by atoms with Crippen molar-refractivity contribution >= 4 is 0 Å². The molecule has 0 saturated heterocycles. The van der Waals surface area contributed by atoms with Gasteiger partial charge in [0.2, 0.25) is 0 Å². The van der Waals surface area contributed by atoms with Crippen LogP contribution in [0.2, 0.25) is 0 Å². The van der Waals surface area contributed by atoms with Gasteiger partial charge in [-0.25, -0.2) is 0 Å². The Kier molecular flexibility index (Phi) is 2.83. The topological polar surface area (TPSA) is 3.24 Å². The van der Waals surface area contributed by atoms with E-state index in [4.69, 9.17) is 0 Å². The first-order valence-electron chi connectivity index (χ1n) is 5.91. The summed E-state index contributed by atoms with van der Waals surface area (Å²) < 4.78 is 0. The van der Waals surface area contributed by atoms with Gasteiger partial charge in [0.15, 0.2) is 0 Å². The summed E-state index contributed by atoms with van der Waals surface area (Å²) in [6, 6.07) is 5.24. The monoisotopic (exact) mass is 203 g/mol. The molecule has 1 heterocycles. The lowest BCUT2D eigenvalue weighted by atomic mass is 9.92. The quantitative estimate of drug-likeness (QED) is 0.678. The van der Waals surface area contributed by atoms with Crippen molar-refractivity contribution in [2.75, 3.05) is 6.54 Å². The largest absolute Gasteiger partial charge is 0.296 e. The molecule has 82 valence electrons. The van der Waals surface area contributed by atoms with Gasteiger partial charge in [0.25, 0.3) is 0 Å². The molecule has 1 aromatic rings. The van der Waals surface area contributed by atoms with Crippen molar-refractivity contribution in [3.8, 4) is 0 Å². The molecule has 1 heteroatoms. The van der Waals surface area contributed by atoms with E-state index in [2.05, 4.69) is 44.7 Å². The van der Waals surface area contributed by atoms with E-state index in [1.54, 1.807) is 5.56 Å². The first-order chi connectivity index (χ1) is 7.09. The van der Waals surface area contributed by atoms with Crippen LogP contribution in [-0.4, -0.2) is 17.5 Å². The average molecular weight is 203 g/mol. The lowest BCUT2D eigenvalue weighted by molar-refractivity contribution is 0.203. The van der Waals surface area contributed by atoms with Crippen LogP contribution in [0.3, 0.4) is 0 Å². The molecule has 0 aliphatic carbocycles. The van der Waals surface area contributed by atoms with Crippen molar-refractivity contribution in [1.29, 1.82) is 0 Å². The van der Waals surface area contributed by atoms with E-state index in [1.165, 1.54) is 29.7 Å². The van der Waals surface area contributed by atoms with Crippen LogP contribution < -0.4 is 0 Å². The maximum Gasteiger partial charge on any atom is 0.0239 e. The summed E-state index contributed by atoms with van der Waals surface area (Å²) >= 11 is 0. The van der Waals surface area contributed by atoms with Crippen LogP contribution in [0.15, 0.2) is 12.1 Å². The van der Waals surface area contributed by atoms with Gasteiger partial charge in [-0.2, -0.15) is 0 Å². The van der Waals surface area contributed by atoms with Crippen LogP contribution >= 0.6 is 0 Å². The third-order valence-corrected chi connectivity index (χ3v) is 3.72. The maximum atomic E-state index is 2.55. The second-order valence-corrected chi connectivity index (χ2v) is 4.96. The summed E-state index contributed by atoms with van der Waals surface area (Å²) in [6.07, 6.45) is 1.22. The number of hydrogen-bond donors (Lipinski definition) is 0. The van der Waals surface area contributed by atoms with Gasteiger partial charge in [-0.3, -0.25) is 4.90 Å². The van der Waals surface area contributed by atoms with Crippen LogP contribution in [-0.2, 0) is 13.0 Å². The molecule has 0 aromatic heterocycles. The lowest BCUT2D eigenvalue weighted by Crippen LogP contribution is -2.36. The van der Waals surface area contributed by atoms with Crippen molar-refractivity contribution < 1.29 is 0 Å². The molecule has 0 radical (unpaired) electrons. The molecular weight excluding hydrogens is 182 g/mol. The predicted molar refractivity (Wildman–Crippen MR) is 65.2 cm³/mol. The highest BCUT2D eigenvalue weighted by atomic mass is 15.1. The molecule has 0 amide bonds. The van der Waals surface area contributed by atoms with E-state index < -0.39 is 0 Å². The Morgan fingerprint density at radius 1 is 1.20 bits per heavy atom. The van der Waals surface area contributed by atoms with Gasteiger partial charge in [0, 0.05) is 19.1 Å². The highest BCUT2D eigenvalue weighted by molar-refractivity contribution is 5.41. The minimum atomic E-state index is 0.666. The number of benzene rings is 1. The van der Waals surface area contributed by atoms with Crippen LogP contribution in [0.25, 0.3) is 0 Å². The number of fused-ring (bicyclic) bond motifs is 1. The highest BCUT2D eigenvalue weighted by Gasteiger charge is 2.19. The molecule has 1 nitrogen and oxygen atoms in total. The van der Waals surface area contributed by atoms with Gasteiger partial charge in [0.05, 0.1) is 0 Å². The van der Waals surface area contributed by atoms with Gasteiger partial charge < -0.3 is 0 Å². The molecule has 0 bridgehead atoms. The van der Waals surface area contributed by atoms with Gasteiger partial charge in [-0.05, 0) is 56.4 Å².